The van der Waals surface area contributed by atoms with Crippen LogP contribution < -0.4 is 11.1 Å². The number of hydrogen-bond donors (Lipinski definition) is 2. The lowest BCUT2D eigenvalue weighted by molar-refractivity contribution is 0.0943. The Morgan fingerprint density at radius 3 is 2.61 bits per heavy atom. The van der Waals surface area contributed by atoms with Gasteiger partial charge in [-0.05, 0) is 48.9 Å². The van der Waals surface area contributed by atoms with Crippen molar-refractivity contribution in [3.8, 4) is 23.0 Å². The number of nitrogens with zero attached hydrogens (tertiary/aromatic N) is 4. The molecule has 0 aliphatic heterocycles. The van der Waals surface area contributed by atoms with Crippen molar-refractivity contribution in [3.63, 3.8) is 0 Å². The zero-order valence-electron chi connectivity index (χ0n) is 20.4. The smallest absolute Gasteiger partial charge is 0.259 e. The first-order valence-electron chi connectivity index (χ1n) is 12.0. The molecule has 2 aromatic carbocycles. The highest BCUT2D eigenvalue weighted by atomic mass is 32.1. The molecular formula is C30H22N6OS. The van der Waals surface area contributed by atoms with Gasteiger partial charge in [0.2, 0.25) is 0 Å². The summed E-state index contributed by atoms with van der Waals surface area (Å²) in [5, 5.41) is 8.44. The van der Waals surface area contributed by atoms with Crippen LogP contribution in [0.15, 0.2) is 91.5 Å². The fourth-order valence-electron chi connectivity index (χ4n) is 4.44. The van der Waals surface area contributed by atoms with Gasteiger partial charge in [-0.25, -0.2) is 9.50 Å². The Morgan fingerprint density at radius 1 is 1.00 bits per heavy atom. The number of nitrogens with two attached hydrogens (primary N) is 1. The third-order valence-corrected chi connectivity index (χ3v) is 7.55. The van der Waals surface area contributed by atoms with E-state index in [1.54, 1.807) is 42.2 Å². The molecule has 7 nitrogen and oxygen atoms in total. The quantitative estimate of drug-likeness (QED) is 0.304. The number of nitrogens with one attached hydrogen (secondary N) is 1. The van der Waals surface area contributed by atoms with E-state index in [1.807, 2.05) is 43.3 Å². The second kappa shape index (κ2) is 9.81. The molecule has 3 N–H and O–H groups in total. The van der Waals surface area contributed by atoms with Crippen LogP contribution >= 0.6 is 11.3 Å². The Bertz CT molecular complexity index is 1850. The molecule has 38 heavy (non-hydrogen) atoms. The molecule has 0 aliphatic carbocycles. The van der Waals surface area contributed by atoms with Crippen LogP contribution in [0.1, 0.15) is 39.3 Å². The largest absolute Gasteiger partial charge is 0.381 e. The summed E-state index contributed by atoms with van der Waals surface area (Å²) in [5.74, 6) is 6.31. The number of pyridine rings is 1. The van der Waals surface area contributed by atoms with Crippen molar-refractivity contribution in [2.24, 2.45) is 0 Å². The number of hydrogen-bond acceptors (Lipinski definition) is 6. The number of aromatic nitrogens is 4. The molecule has 6 aromatic rings. The summed E-state index contributed by atoms with van der Waals surface area (Å²) in [6.45, 7) is 1.98. The monoisotopic (exact) mass is 514 g/mol. The summed E-state index contributed by atoms with van der Waals surface area (Å²) < 4.78 is 2.63. The topological polar surface area (TPSA) is 98.2 Å². The maximum atomic E-state index is 13.4. The number of amides is 1. The summed E-state index contributed by atoms with van der Waals surface area (Å²) >= 11 is 1.66. The summed E-state index contributed by atoms with van der Waals surface area (Å²) in [6, 6.07) is 21.7. The Labute approximate surface area is 223 Å². The van der Waals surface area contributed by atoms with Gasteiger partial charge in [0.25, 0.3) is 5.91 Å². The zero-order valence-corrected chi connectivity index (χ0v) is 21.2. The van der Waals surface area contributed by atoms with Crippen molar-refractivity contribution in [3.05, 3.63) is 113 Å². The molecule has 0 fully saturated rings. The maximum Gasteiger partial charge on any atom is 0.259 e. The van der Waals surface area contributed by atoms with Gasteiger partial charge in [-0.1, -0.05) is 42.2 Å². The molecule has 6 rings (SSSR count). The minimum Gasteiger partial charge on any atom is -0.381 e. The van der Waals surface area contributed by atoms with Crippen LogP contribution in [0.25, 0.3) is 26.9 Å². The lowest BCUT2D eigenvalue weighted by Crippen LogP contribution is -2.27. The first kappa shape index (κ1) is 23.4. The van der Waals surface area contributed by atoms with Crippen molar-refractivity contribution >= 4 is 38.8 Å². The van der Waals surface area contributed by atoms with Crippen molar-refractivity contribution in [2.45, 2.75) is 13.0 Å². The molecular weight excluding hydrogens is 492 g/mol. The molecule has 0 aliphatic rings. The van der Waals surface area contributed by atoms with Crippen LogP contribution in [-0.4, -0.2) is 25.5 Å². The number of benzene rings is 2. The first-order chi connectivity index (χ1) is 18.6. The summed E-state index contributed by atoms with van der Waals surface area (Å²) in [6.07, 6.45) is 6.80. The van der Waals surface area contributed by atoms with Gasteiger partial charge in [0.05, 0.1) is 6.04 Å². The molecule has 0 saturated carbocycles. The summed E-state index contributed by atoms with van der Waals surface area (Å²) in [4.78, 5) is 22.8. The van der Waals surface area contributed by atoms with Crippen molar-refractivity contribution in [2.75, 3.05) is 5.73 Å². The Kier molecular flexibility index (Phi) is 6.04. The van der Waals surface area contributed by atoms with Gasteiger partial charge in [-0.15, -0.1) is 16.4 Å². The number of fused-ring (bicyclic) bond motifs is 2. The highest BCUT2D eigenvalue weighted by molar-refractivity contribution is 7.19. The molecule has 0 bridgehead atoms. The second-order valence-electron chi connectivity index (χ2n) is 8.75. The predicted molar refractivity (Wildman–Crippen MR) is 151 cm³/mol. The number of rotatable bonds is 4. The van der Waals surface area contributed by atoms with E-state index in [0.29, 0.717) is 5.65 Å². The van der Waals surface area contributed by atoms with Crippen LogP contribution in [0, 0.1) is 11.8 Å². The number of thiophene rings is 1. The molecule has 1 atom stereocenters. The maximum absolute atomic E-state index is 13.4. The van der Waals surface area contributed by atoms with Crippen LogP contribution in [0.3, 0.4) is 0 Å². The third-order valence-electron chi connectivity index (χ3n) is 6.20. The summed E-state index contributed by atoms with van der Waals surface area (Å²) in [5.41, 5.74) is 10.8. The van der Waals surface area contributed by atoms with E-state index >= 15 is 0 Å². The molecule has 4 heterocycles. The number of carbonyl (C=O) groups is 1. The van der Waals surface area contributed by atoms with E-state index < -0.39 is 0 Å². The predicted octanol–water partition coefficient (Wildman–Crippen LogP) is 5.48. The van der Waals surface area contributed by atoms with Crippen LogP contribution in [-0.2, 0) is 0 Å². The molecule has 8 heteroatoms. The standard InChI is InChI=1S/C30H22N6OS/c1-19(34-30(37)26-28(31)35-36-17-5-14-33-29(26)36)27-25(22-6-3-2-4-7-22)23-18-21(10-11-24(23)38-27)9-8-20-12-15-32-16-13-20/h2-7,10-19H,1H3,(H2,31,35)(H,34,37). The molecule has 0 radical (unpaired) electrons. The van der Waals surface area contributed by atoms with Crippen molar-refractivity contribution < 1.29 is 4.79 Å². The average molecular weight is 515 g/mol. The Balaban J connectivity index is 1.41. The van der Waals surface area contributed by atoms with Gasteiger partial charge in [0, 0.05) is 56.4 Å². The van der Waals surface area contributed by atoms with Crippen molar-refractivity contribution in [1.29, 1.82) is 0 Å². The molecule has 4 aromatic heterocycles. The molecule has 1 amide bonds. The number of anilines is 1. The van der Waals surface area contributed by atoms with Gasteiger partial charge in [0.1, 0.15) is 5.56 Å². The zero-order chi connectivity index (χ0) is 26.1. The van der Waals surface area contributed by atoms with Gasteiger partial charge in [-0.2, -0.15) is 0 Å². The van der Waals surface area contributed by atoms with Gasteiger partial charge in [0.15, 0.2) is 11.5 Å². The van der Waals surface area contributed by atoms with E-state index in [9.17, 15) is 4.79 Å². The lowest BCUT2D eigenvalue weighted by atomic mass is 9.98. The summed E-state index contributed by atoms with van der Waals surface area (Å²) in [7, 11) is 0. The van der Waals surface area contributed by atoms with Gasteiger partial charge in [-0.3, -0.25) is 9.78 Å². The van der Waals surface area contributed by atoms with E-state index in [1.165, 1.54) is 4.52 Å². The van der Waals surface area contributed by atoms with Crippen molar-refractivity contribution in [1.82, 2.24) is 24.9 Å². The molecule has 184 valence electrons. The van der Waals surface area contributed by atoms with Crippen LogP contribution in [0.2, 0.25) is 0 Å². The second-order valence-corrected chi connectivity index (χ2v) is 9.83. The fourth-order valence-corrected chi connectivity index (χ4v) is 5.65. The highest BCUT2D eigenvalue weighted by Crippen LogP contribution is 2.42. The van der Waals surface area contributed by atoms with E-state index in [4.69, 9.17) is 5.73 Å². The Morgan fingerprint density at radius 2 is 1.79 bits per heavy atom. The van der Waals surface area contributed by atoms with Gasteiger partial charge < -0.3 is 11.1 Å². The SMILES string of the molecule is CC(NC(=O)c1c(N)nn2cccnc12)c1sc2ccc(C#Cc3ccncc3)cc2c1-c1ccccc1. The van der Waals surface area contributed by atoms with E-state index in [2.05, 4.69) is 56.5 Å². The fraction of sp³-hybridized carbons (Fsp3) is 0.0667. The molecule has 0 saturated heterocycles. The number of carbonyl (C=O) groups excluding carboxylic acids is 1. The van der Waals surface area contributed by atoms with E-state index in [-0.39, 0.29) is 23.3 Å². The van der Waals surface area contributed by atoms with E-state index in [0.717, 1.165) is 37.2 Å². The Hall–Kier alpha value is -5.00. The lowest BCUT2D eigenvalue weighted by Gasteiger charge is -2.15. The highest BCUT2D eigenvalue weighted by Gasteiger charge is 2.24. The van der Waals surface area contributed by atoms with Crippen LogP contribution in [0.5, 0.6) is 0 Å². The molecule has 1 unspecified atom stereocenters. The number of nitrogen functional groups attached to an aromatic ring is 1. The first-order valence-corrected chi connectivity index (χ1v) is 12.8. The molecule has 0 spiro atoms. The minimum atomic E-state index is -0.316. The third kappa shape index (κ3) is 4.36. The van der Waals surface area contributed by atoms with Crippen LogP contribution in [0.4, 0.5) is 5.82 Å². The van der Waals surface area contributed by atoms with Gasteiger partial charge >= 0.3 is 0 Å². The average Bonchev–Trinajstić information content (AvgIpc) is 3.50. The minimum absolute atomic E-state index is 0.144. The normalized spacial score (nSPS) is 11.7.